The first kappa shape index (κ1) is 19.3. The van der Waals surface area contributed by atoms with E-state index in [0.29, 0.717) is 6.61 Å². The molecule has 1 N–H and O–H groups in total. The van der Waals surface area contributed by atoms with Gasteiger partial charge in [-0.05, 0) is 53.9 Å². The molecule has 0 saturated carbocycles. The van der Waals surface area contributed by atoms with Crippen LogP contribution >= 0.6 is 11.6 Å². The fourth-order valence-corrected chi connectivity index (χ4v) is 2.92. The first-order chi connectivity index (χ1) is 13.2. The van der Waals surface area contributed by atoms with Crippen LogP contribution < -0.4 is 14.8 Å². The molecule has 3 nitrogen and oxygen atoms in total. The minimum absolute atomic E-state index is 0.474. The van der Waals surface area contributed by atoms with Crippen LogP contribution in [0, 0.1) is 0 Å². The molecule has 4 heteroatoms. The monoisotopic (exact) mass is 381 g/mol. The fourth-order valence-electron chi connectivity index (χ4n) is 2.79. The van der Waals surface area contributed by atoms with E-state index in [9.17, 15) is 0 Å². The fraction of sp³-hybridized carbons (Fsp3) is 0.217. The first-order valence-corrected chi connectivity index (χ1v) is 9.41. The number of ether oxygens (including phenoxy) is 2. The van der Waals surface area contributed by atoms with Crippen molar-refractivity contribution in [1.82, 2.24) is 5.32 Å². The zero-order chi connectivity index (χ0) is 18.9. The van der Waals surface area contributed by atoms with E-state index in [-0.39, 0.29) is 0 Å². The number of halogens is 1. The van der Waals surface area contributed by atoms with Crippen molar-refractivity contribution in [2.75, 3.05) is 13.7 Å². The third-order valence-electron chi connectivity index (χ3n) is 4.30. The Balaban J connectivity index is 1.51. The maximum atomic E-state index is 5.91. The van der Waals surface area contributed by atoms with E-state index < -0.39 is 0 Å². The van der Waals surface area contributed by atoms with E-state index in [1.807, 2.05) is 42.5 Å². The third kappa shape index (κ3) is 6.02. The SMILES string of the molecule is COc1cc(CNCCc2ccccc2)ccc1OCc1ccc(Cl)cc1. The summed E-state index contributed by atoms with van der Waals surface area (Å²) in [4.78, 5) is 0. The lowest BCUT2D eigenvalue weighted by Crippen LogP contribution is -2.16. The van der Waals surface area contributed by atoms with Gasteiger partial charge in [-0.2, -0.15) is 0 Å². The molecule has 0 aliphatic carbocycles. The molecular weight excluding hydrogens is 358 g/mol. The Morgan fingerprint density at radius 1 is 0.815 bits per heavy atom. The number of hydrogen-bond donors (Lipinski definition) is 1. The molecule has 0 atom stereocenters. The van der Waals surface area contributed by atoms with Crippen molar-refractivity contribution < 1.29 is 9.47 Å². The van der Waals surface area contributed by atoms with Crippen LogP contribution in [0.2, 0.25) is 5.02 Å². The Kier molecular flexibility index (Phi) is 7.14. The molecule has 0 aliphatic rings. The molecule has 0 unspecified atom stereocenters. The molecule has 0 bridgehead atoms. The van der Waals surface area contributed by atoms with Crippen LogP contribution in [-0.2, 0) is 19.6 Å². The second-order valence-corrected chi connectivity index (χ2v) is 6.75. The minimum Gasteiger partial charge on any atom is -0.493 e. The molecule has 0 aliphatic heterocycles. The summed E-state index contributed by atoms with van der Waals surface area (Å²) in [5.41, 5.74) is 3.57. The van der Waals surface area contributed by atoms with E-state index in [0.717, 1.165) is 41.6 Å². The predicted molar refractivity (Wildman–Crippen MR) is 111 cm³/mol. The molecule has 0 spiro atoms. The van der Waals surface area contributed by atoms with E-state index in [4.69, 9.17) is 21.1 Å². The highest BCUT2D eigenvalue weighted by Crippen LogP contribution is 2.29. The number of methoxy groups -OCH3 is 1. The van der Waals surface area contributed by atoms with Gasteiger partial charge in [0.15, 0.2) is 11.5 Å². The molecule has 0 saturated heterocycles. The van der Waals surface area contributed by atoms with Crippen LogP contribution in [0.15, 0.2) is 72.8 Å². The van der Waals surface area contributed by atoms with E-state index in [1.165, 1.54) is 11.1 Å². The lowest BCUT2D eigenvalue weighted by molar-refractivity contribution is 0.284. The number of nitrogens with one attached hydrogen (secondary N) is 1. The normalized spacial score (nSPS) is 10.6. The van der Waals surface area contributed by atoms with Crippen molar-refractivity contribution in [2.45, 2.75) is 19.6 Å². The van der Waals surface area contributed by atoms with E-state index in [1.54, 1.807) is 7.11 Å². The molecule has 0 aromatic heterocycles. The summed E-state index contributed by atoms with van der Waals surface area (Å²) < 4.78 is 11.4. The van der Waals surface area contributed by atoms with Gasteiger partial charge in [-0.25, -0.2) is 0 Å². The highest BCUT2D eigenvalue weighted by Gasteiger charge is 2.06. The van der Waals surface area contributed by atoms with Gasteiger partial charge in [0.1, 0.15) is 6.61 Å². The Morgan fingerprint density at radius 2 is 1.56 bits per heavy atom. The molecule has 0 amide bonds. The molecule has 140 valence electrons. The zero-order valence-corrected chi connectivity index (χ0v) is 16.2. The molecule has 0 radical (unpaired) electrons. The first-order valence-electron chi connectivity index (χ1n) is 9.03. The quantitative estimate of drug-likeness (QED) is 0.513. The molecule has 3 rings (SSSR count). The molecule has 3 aromatic rings. The van der Waals surface area contributed by atoms with Gasteiger partial charge < -0.3 is 14.8 Å². The van der Waals surface area contributed by atoms with E-state index in [2.05, 4.69) is 35.6 Å². The molecule has 3 aromatic carbocycles. The summed E-state index contributed by atoms with van der Waals surface area (Å²) in [5, 5.41) is 4.20. The van der Waals surface area contributed by atoms with Gasteiger partial charge in [-0.1, -0.05) is 60.1 Å². The Bertz CT molecular complexity index is 835. The highest BCUT2D eigenvalue weighted by molar-refractivity contribution is 6.30. The van der Waals surface area contributed by atoms with Gasteiger partial charge in [-0.15, -0.1) is 0 Å². The summed E-state index contributed by atoms with van der Waals surface area (Å²) in [6.45, 7) is 2.20. The van der Waals surface area contributed by atoms with Gasteiger partial charge in [0.2, 0.25) is 0 Å². The number of rotatable bonds is 9. The maximum absolute atomic E-state index is 5.91. The Hall–Kier alpha value is -2.49. The smallest absolute Gasteiger partial charge is 0.161 e. The summed E-state index contributed by atoms with van der Waals surface area (Å²) in [6.07, 6.45) is 1.01. The second-order valence-electron chi connectivity index (χ2n) is 6.31. The van der Waals surface area contributed by atoms with E-state index >= 15 is 0 Å². The van der Waals surface area contributed by atoms with Gasteiger partial charge in [0, 0.05) is 11.6 Å². The summed E-state index contributed by atoms with van der Waals surface area (Å²) in [7, 11) is 1.66. The summed E-state index contributed by atoms with van der Waals surface area (Å²) >= 11 is 5.91. The highest BCUT2D eigenvalue weighted by atomic mass is 35.5. The van der Waals surface area contributed by atoms with Crippen LogP contribution in [0.25, 0.3) is 0 Å². The van der Waals surface area contributed by atoms with Crippen molar-refractivity contribution in [1.29, 1.82) is 0 Å². The van der Waals surface area contributed by atoms with Gasteiger partial charge in [0.25, 0.3) is 0 Å². The molecule has 27 heavy (non-hydrogen) atoms. The van der Waals surface area contributed by atoms with Crippen molar-refractivity contribution in [3.63, 3.8) is 0 Å². The van der Waals surface area contributed by atoms with Crippen molar-refractivity contribution >= 4 is 11.6 Å². The van der Waals surface area contributed by atoms with Crippen LogP contribution in [-0.4, -0.2) is 13.7 Å². The van der Waals surface area contributed by atoms with Crippen LogP contribution in [0.4, 0.5) is 0 Å². The zero-order valence-electron chi connectivity index (χ0n) is 15.5. The molecule has 0 heterocycles. The van der Waals surface area contributed by atoms with Crippen LogP contribution in [0.5, 0.6) is 11.5 Å². The predicted octanol–water partition coefficient (Wildman–Crippen LogP) is 5.26. The van der Waals surface area contributed by atoms with Crippen molar-refractivity contribution in [2.24, 2.45) is 0 Å². The van der Waals surface area contributed by atoms with Crippen molar-refractivity contribution in [3.8, 4) is 11.5 Å². The largest absolute Gasteiger partial charge is 0.493 e. The number of hydrogen-bond acceptors (Lipinski definition) is 3. The molecule has 0 fully saturated rings. The van der Waals surface area contributed by atoms with Gasteiger partial charge in [0.05, 0.1) is 7.11 Å². The Labute approximate surface area is 165 Å². The second kappa shape index (κ2) is 10.0. The minimum atomic E-state index is 0.474. The van der Waals surface area contributed by atoms with Crippen LogP contribution in [0.1, 0.15) is 16.7 Å². The number of benzene rings is 3. The summed E-state index contributed by atoms with van der Waals surface area (Å²) in [5.74, 6) is 1.48. The Morgan fingerprint density at radius 3 is 2.30 bits per heavy atom. The topological polar surface area (TPSA) is 30.5 Å². The van der Waals surface area contributed by atoms with Crippen molar-refractivity contribution in [3.05, 3.63) is 94.5 Å². The van der Waals surface area contributed by atoms with Crippen LogP contribution in [0.3, 0.4) is 0 Å². The maximum Gasteiger partial charge on any atom is 0.161 e. The lowest BCUT2D eigenvalue weighted by Gasteiger charge is -2.13. The van der Waals surface area contributed by atoms with Gasteiger partial charge in [-0.3, -0.25) is 0 Å². The molecular formula is C23H24ClNO2. The average Bonchev–Trinajstić information content (AvgIpc) is 2.72. The van der Waals surface area contributed by atoms with Gasteiger partial charge >= 0.3 is 0 Å². The standard InChI is InChI=1S/C23H24ClNO2/c1-26-23-15-20(16-25-14-13-18-5-3-2-4-6-18)9-12-22(23)27-17-19-7-10-21(24)11-8-19/h2-12,15,25H,13-14,16-17H2,1H3. The summed E-state index contributed by atoms with van der Waals surface area (Å²) in [6, 6.07) is 24.2. The lowest BCUT2D eigenvalue weighted by atomic mass is 10.1. The third-order valence-corrected chi connectivity index (χ3v) is 4.55. The average molecular weight is 382 g/mol.